The van der Waals surface area contributed by atoms with Crippen LogP contribution in [0.1, 0.15) is 41.2 Å². The maximum atomic E-state index is 13.1. The molecule has 2 aromatic heterocycles. The third kappa shape index (κ3) is 3.71. The van der Waals surface area contributed by atoms with Gasteiger partial charge in [0.05, 0.1) is 0 Å². The zero-order valence-electron chi connectivity index (χ0n) is 17.2. The smallest absolute Gasteiger partial charge is 0.263 e. The number of amides is 1. The number of piperidine rings is 1. The number of nitrogens with one attached hydrogen (secondary N) is 1. The van der Waals surface area contributed by atoms with Gasteiger partial charge in [-0.25, -0.2) is 0 Å². The molecule has 1 N–H and O–H groups in total. The summed E-state index contributed by atoms with van der Waals surface area (Å²) in [5.41, 5.74) is 1.12. The molecule has 3 aliphatic rings. The van der Waals surface area contributed by atoms with Crippen LogP contribution in [0.3, 0.4) is 0 Å². The third-order valence-electron chi connectivity index (χ3n) is 6.64. The predicted octanol–water partition coefficient (Wildman–Crippen LogP) is 1.09. The van der Waals surface area contributed by atoms with Gasteiger partial charge in [-0.05, 0) is 62.5 Å². The number of carbonyl (C=O) groups excluding carboxylic acids is 1. The molecule has 0 saturated carbocycles. The lowest BCUT2D eigenvalue weighted by atomic mass is 9.83. The summed E-state index contributed by atoms with van der Waals surface area (Å²) in [5.74, 6) is 1.26. The molecule has 0 radical (unpaired) electrons. The number of hydrogen-bond acceptors (Lipinski definition) is 6. The van der Waals surface area contributed by atoms with Crippen molar-refractivity contribution in [1.29, 1.82) is 0 Å². The van der Waals surface area contributed by atoms with E-state index in [1.165, 1.54) is 12.8 Å². The molecule has 158 valence electrons. The van der Waals surface area contributed by atoms with Gasteiger partial charge in [-0.2, -0.15) is 5.10 Å². The molecule has 8 nitrogen and oxygen atoms in total. The van der Waals surface area contributed by atoms with E-state index in [0.717, 1.165) is 50.7 Å². The normalized spacial score (nSPS) is 23.3. The Morgan fingerprint density at radius 1 is 1.13 bits per heavy atom. The molecule has 2 saturated heterocycles. The fraction of sp³-hybridized carbons (Fsp3) is 0.545. The summed E-state index contributed by atoms with van der Waals surface area (Å²) in [4.78, 5) is 30.4. The zero-order chi connectivity index (χ0) is 20.5. The number of likely N-dealkylation sites (tertiary alicyclic amines) is 1. The van der Waals surface area contributed by atoms with Crippen LogP contribution in [0.5, 0.6) is 0 Å². The summed E-state index contributed by atoms with van der Waals surface area (Å²) < 4.78 is 1.84. The van der Waals surface area contributed by atoms with E-state index < -0.39 is 0 Å². The van der Waals surface area contributed by atoms with Gasteiger partial charge in [0.15, 0.2) is 5.82 Å². The Morgan fingerprint density at radius 2 is 2.00 bits per heavy atom. The minimum absolute atomic E-state index is 0.158. The fourth-order valence-electron chi connectivity index (χ4n) is 5.20. The summed E-state index contributed by atoms with van der Waals surface area (Å²) in [7, 11) is 0. The minimum Gasteiger partial charge on any atom is -0.354 e. The fourth-order valence-corrected chi connectivity index (χ4v) is 5.20. The van der Waals surface area contributed by atoms with Crippen molar-refractivity contribution in [3.8, 4) is 0 Å². The van der Waals surface area contributed by atoms with Crippen LogP contribution in [-0.2, 0) is 6.54 Å². The van der Waals surface area contributed by atoms with Crippen molar-refractivity contribution in [2.75, 3.05) is 44.2 Å². The molecule has 3 aliphatic heterocycles. The predicted molar refractivity (Wildman–Crippen MR) is 114 cm³/mol. The minimum atomic E-state index is -0.258. The zero-order valence-corrected chi connectivity index (χ0v) is 17.2. The lowest BCUT2D eigenvalue weighted by Gasteiger charge is -2.43. The maximum Gasteiger partial charge on any atom is 0.263 e. The topological polar surface area (TPSA) is 83.4 Å². The van der Waals surface area contributed by atoms with Crippen LogP contribution in [0.15, 0.2) is 35.3 Å². The molecule has 2 aromatic rings. The van der Waals surface area contributed by atoms with Gasteiger partial charge < -0.3 is 19.7 Å². The first-order valence-corrected chi connectivity index (χ1v) is 11.0. The van der Waals surface area contributed by atoms with Crippen molar-refractivity contribution < 1.29 is 4.79 Å². The molecular weight excluding hydrogens is 380 g/mol. The number of rotatable bonds is 5. The van der Waals surface area contributed by atoms with E-state index in [0.29, 0.717) is 19.0 Å². The summed E-state index contributed by atoms with van der Waals surface area (Å²) in [6, 6.07) is 7.56. The monoisotopic (exact) mass is 408 g/mol. The van der Waals surface area contributed by atoms with Crippen molar-refractivity contribution in [2.24, 2.45) is 5.92 Å². The van der Waals surface area contributed by atoms with Gasteiger partial charge in [-0.15, -0.1) is 5.10 Å². The number of anilines is 1. The number of pyridine rings is 1. The summed E-state index contributed by atoms with van der Waals surface area (Å²) in [6.07, 6.45) is 5.21. The quantitative estimate of drug-likeness (QED) is 0.797. The number of carbonyl (C=O) groups is 1. The van der Waals surface area contributed by atoms with Crippen LogP contribution in [0.4, 0.5) is 5.82 Å². The van der Waals surface area contributed by atoms with Crippen LogP contribution in [0.25, 0.3) is 0 Å². The van der Waals surface area contributed by atoms with Gasteiger partial charge >= 0.3 is 0 Å². The van der Waals surface area contributed by atoms with Crippen molar-refractivity contribution in [3.05, 3.63) is 52.1 Å². The second-order valence-electron chi connectivity index (χ2n) is 8.68. The van der Waals surface area contributed by atoms with Crippen molar-refractivity contribution in [1.82, 2.24) is 25.0 Å². The number of fused-ring (bicyclic) bond motifs is 4. The lowest BCUT2D eigenvalue weighted by Crippen LogP contribution is -2.48. The third-order valence-corrected chi connectivity index (χ3v) is 6.64. The molecule has 0 spiro atoms. The Balaban J connectivity index is 1.30. The molecule has 1 amide bonds. The molecule has 2 bridgehead atoms. The van der Waals surface area contributed by atoms with Gasteiger partial charge in [0.2, 0.25) is 0 Å². The Labute approximate surface area is 175 Å². The SMILES string of the molecule is O=C(NCCN1CCCC1)c1ccc2n(c1=O)C[C@H]1C[C@@H]2CN(c2cccnn2)C1. The van der Waals surface area contributed by atoms with Crippen molar-refractivity contribution >= 4 is 11.7 Å². The van der Waals surface area contributed by atoms with Crippen LogP contribution in [0, 0.1) is 5.92 Å². The lowest BCUT2D eigenvalue weighted by molar-refractivity contribution is 0.0947. The van der Waals surface area contributed by atoms with E-state index in [2.05, 4.69) is 25.3 Å². The second kappa shape index (κ2) is 8.18. The van der Waals surface area contributed by atoms with Gasteiger partial charge in [-0.3, -0.25) is 9.59 Å². The molecule has 0 aliphatic carbocycles. The molecule has 8 heteroatoms. The van der Waals surface area contributed by atoms with Crippen molar-refractivity contribution in [2.45, 2.75) is 31.7 Å². The molecule has 30 heavy (non-hydrogen) atoms. The average Bonchev–Trinajstić information content (AvgIpc) is 3.28. The first-order chi connectivity index (χ1) is 14.7. The summed E-state index contributed by atoms with van der Waals surface area (Å²) in [6.45, 7) is 5.95. The molecule has 0 aromatic carbocycles. The van der Waals surface area contributed by atoms with E-state index in [1.54, 1.807) is 12.3 Å². The Kier molecular flexibility index (Phi) is 5.25. The summed E-state index contributed by atoms with van der Waals surface area (Å²) in [5, 5.41) is 11.2. The Morgan fingerprint density at radius 3 is 2.80 bits per heavy atom. The van der Waals surface area contributed by atoms with E-state index in [4.69, 9.17) is 0 Å². The highest BCUT2D eigenvalue weighted by atomic mass is 16.2. The number of aromatic nitrogens is 3. The van der Waals surface area contributed by atoms with Crippen LogP contribution < -0.4 is 15.8 Å². The van der Waals surface area contributed by atoms with Crippen LogP contribution in [0.2, 0.25) is 0 Å². The molecule has 5 rings (SSSR count). The maximum absolute atomic E-state index is 13.1. The second-order valence-corrected chi connectivity index (χ2v) is 8.68. The largest absolute Gasteiger partial charge is 0.354 e. The average molecular weight is 409 g/mol. The molecule has 5 heterocycles. The highest BCUT2D eigenvalue weighted by molar-refractivity contribution is 5.93. The Bertz CT molecular complexity index is 969. The molecular formula is C22H28N6O2. The highest BCUT2D eigenvalue weighted by Crippen LogP contribution is 2.36. The first kappa shape index (κ1) is 19.2. The van der Waals surface area contributed by atoms with Gasteiger partial charge in [0.25, 0.3) is 11.5 Å². The van der Waals surface area contributed by atoms with E-state index in [9.17, 15) is 9.59 Å². The van der Waals surface area contributed by atoms with Gasteiger partial charge in [-0.1, -0.05) is 0 Å². The van der Waals surface area contributed by atoms with Gasteiger partial charge in [0, 0.05) is 50.5 Å². The molecule has 2 fully saturated rings. The van der Waals surface area contributed by atoms with Gasteiger partial charge in [0.1, 0.15) is 5.56 Å². The van der Waals surface area contributed by atoms with Crippen LogP contribution in [-0.4, -0.2) is 64.8 Å². The van der Waals surface area contributed by atoms with Crippen molar-refractivity contribution in [3.63, 3.8) is 0 Å². The molecule has 2 atom stereocenters. The van der Waals surface area contributed by atoms with E-state index in [-0.39, 0.29) is 22.9 Å². The summed E-state index contributed by atoms with van der Waals surface area (Å²) >= 11 is 0. The van der Waals surface area contributed by atoms with E-state index in [1.807, 2.05) is 22.8 Å². The first-order valence-electron chi connectivity index (χ1n) is 11.0. The van der Waals surface area contributed by atoms with E-state index >= 15 is 0 Å². The standard InChI is InChI=1S/C22H28N6O2/c29-21(23-8-11-26-9-1-2-10-26)18-5-6-19-17-12-16(14-28(19)22(18)30)13-27(15-17)20-4-3-7-24-25-20/h3-7,16-17H,1-2,8-15H2,(H,23,29)/t16-,17+/m0/s1. The Hall–Kier alpha value is -2.74. The number of hydrogen-bond donors (Lipinski definition) is 1. The number of nitrogens with zero attached hydrogens (tertiary/aromatic N) is 5. The van der Waals surface area contributed by atoms with Crippen LogP contribution >= 0.6 is 0 Å². The molecule has 0 unspecified atom stereocenters. The highest BCUT2D eigenvalue weighted by Gasteiger charge is 2.35.